The van der Waals surface area contributed by atoms with Gasteiger partial charge in [0.15, 0.2) is 0 Å². The van der Waals surface area contributed by atoms with E-state index in [1.54, 1.807) is 0 Å². The summed E-state index contributed by atoms with van der Waals surface area (Å²) >= 11 is 0. The lowest BCUT2D eigenvalue weighted by molar-refractivity contribution is -0.134. The molecule has 0 unspecified atom stereocenters. The molecule has 0 atom stereocenters. The molecule has 0 heterocycles. The summed E-state index contributed by atoms with van der Waals surface area (Å²) in [7, 11) is -2.25. The van der Waals surface area contributed by atoms with E-state index in [1.807, 2.05) is 0 Å². The number of rotatable bonds is 6. The van der Waals surface area contributed by atoms with Crippen molar-refractivity contribution in [2.75, 3.05) is 19.3 Å². The van der Waals surface area contributed by atoms with Crippen molar-refractivity contribution in [3.63, 3.8) is 0 Å². The fourth-order valence-electron chi connectivity index (χ4n) is 2.57. The highest BCUT2D eigenvalue weighted by Crippen LogP contribution is 2.35. The van der Waals surface area contributed by atoms with Gasteiger partial charge in [0.25, 0.3) is 0 Å². The van der Waals surface area contributed by atoms with Gasteiger partial charge in [0.05, 0.1) is 5.75 Å². The maximum Gasteiger partial charge on any atom is 0.389 e. The summed E-state index contributed by atoms with van der Waals surface area (Å²) < 4.78 is 61.5. The summed E-state index contributed by atoms with van der Waals surface area (Å²) in [6.07, 6.45) is -2.63. The normalized spacial score (nSPS) is 20.1. The standard InChI is InChI=1S/C11H21F3N2O2S/c1-16(10(9-15)5-2-3-6-10)19(17,18)8-4-7-11(12,13)14/h2-9,15H2,1H3. The summed E-state index contributed by atoms with van der Waals surface area (Å²) in [4.78, 5) is 0. The molecule has 0 saturated heterocycles. The van der Waals surface area contributed by atoms with Crippen molar-refractivity contribution >= 4 is 10.0 Å². The summed E-state index contributed by atoms with van der Waals surface area (Å²) in [6.45, 7) is 0.210. The molecule has 1 rings (SSSR count). The molecule has 19 heavy (non-hydrogen) atoms. The lowest BCUT2D eigenvalue weighted by Crippen LogP contribution is -2.53. The van der Waals surface area contributed by atoms with E-state index in [1.165, 1.54) is 11.4 Å². The van der Waals surface area contributed by atoms with Crippen LogP contribution in [0.1, 0.15) is 38.5 Å². The predicted octanol–water partition coefficient (Wildman–Crippen LogP) is 1.86. The number of halogens is 3. The Morgan fingerprint density at radius 1 is 1.26 bits per heavy atom. The lowest BCUT2D eigenvalue weighted by atomic mass is 9.98. The maximum atomic E-state index is 12.1. The zero-order valence-corrected chi connectivity index (χ0v) is 11.9. The minimum Gasteiger partial charge on any atom is -0.329 e. The van der Waals surface area contributed by atoms with Gasteiger partial charge in [-0.15, -0.1) is 0 Å². The van der Waals surface area contributed by atoms with E-state index < -0.39 is 40.3 Å². The minimum absolute atomic E-state index is 0.210. The molecule has 0 aromatic carbocycles. The third-order valence-electron chi connectivity index (χ3n) is 3.86. The first-order valence-corrected chi connectivity index (χ1v) is 7.97. The molecule has 114 valence electrons. The Balaban J connectivity index is 2.66. The van der Waals surface area contributed by atoms with Gasteiger partial charge in [-0.2, -0.15) is 17.5 Å². The van der Waals surface area contributed by atoms with E-state index in [9.17, 15) is 21.6 Å². The van der Waals surface area contributed by atoms with Crippen molar-refractivity contribution in [2.24, 2.45) is 5.73 Å². The van der Waals surface area contributed by atoms with E-state index in [2.05, 4.69) is 0 Å². The topological polar surface area (TPSA) is 63.4 Å². The molecule has 1 aliphatic rings. The molecule has 0 aromatic rings. The van der Waals surface area contributed by atoms with Gasteiger partial charge in [-0.3, -0.25) is 0 Å². The summed E-state index contributed by atoms with van der Waals surface area (Å²) in [5.41, 5.74) is 5.08. The van der Waals surface area contributed by atoms with Crippen LogP contribution in [0, 0.1) is 0 Å². The average molecular weight is 302 g/mol. The smallest absolute Gasteiger partial charge is 0.329 e. The predicted molar refractivity (Wildman–Crippen MR) is 67.1 cm³/mol. The number of likely N-dealkylation sites (N-methyl/N-ethyl adjacent to an activating group) is 1. The number of nitrogens with zero attached hydrogens (tertiary/aromatic N) is 1. The summed E-state index contributed by atoms with van der Waals surface area (Å²) in [6, 6.07) is 0. The second-order valence-corrected chi connectivity index (χ2v) is 7.26. The zero-order valence-electron chi connectivity index (χ0n) is 11.0. The first-order chi connectivity index (χ1) is 8.63. The quantitative estimate of drug-likeness (QED) is 0.814. The van der Waals surface area contributed by atoms with Gasteiger partial charge in [-0.25, -0.2) is 8.42 Å². The van der Waals surface area contributed by atoms with Crippen molar-refractivity contribution in [3.8, 4) is 0 Å². The third-order valence-corrected chi connectivity index (χ3v) is 5.89. The Kier molecular flexibility index (Phi) is 5.25. The summed E-state index contributed by atoms with van der Waals surface area (Å²) in [5.74, 6) is -0.481. The van der Waals surface area contributed by atoms with Gasteiger partial charge in [0.1, 0.15) is 0 Å². The molecule has 1 aliphatic carbocycles. The Hall–Kier alpha value is -0.340. The molecule has 0 spiro atoms. The van der Waals surface area contributed by atoms with E-state index in [4.69, 9.17) is 5.73 Å². The number of hydrogen-bond donors (Lipinski definition) is 1. The van der Waals surface area contributed by atoms with Crippen LogP contribution in [0.5, 0.6) is 0 Å². The first kappa shape index (κ1) is 16.7. The molecule has 8 heteroatoms. The van der Waals surface area contributed by atoms with Crippen LogP contribution < -0.4 is 5.73 Å². The Labute approximate surface area is 112 Å². The minimum atomic E-state index is -4.31. The van der Waals surface area contributed by atoms with Gasteiger partial charge >= 0.3 is 6.18 Å². The van der Waals surface area contributed by atoms with Crippen molar-refractivity contribution in [1.29, 1.82) is 0 Å². The van der Waals surface area contributed by atoms with Gasteiger partial charge in [-0.1, -0.05) is 12.8 Å². The number of alkyl halides is 3. The second kappa shape index (κ2) is 5.97. The van der Waals surface area contributed by atoms with Gasteiger partial charge < -0.3 is 5.73 Å². The highest BCUT2D eigenvalue weighted by Gasteiger charge is 2.42. The van der Waals surface area contributed by atoms with Crippen LogP contribution in [0.2, 0.25) is 0 Å². The Bertz CT molecular complexity index is 389. The molecule has 2 N–H and O–H groups in total. The molecule has 0 bridgehead atoms. The number of hydrogen-bond acceptors (Lipinski definition) is 3. The van der Waals surface area contributed by atoms with Crippen molar-refractivity contribution in [3.05, 3.63) is 0 Å². The largest absolute Gasteiger partial charge is 0.389 e. The van der Waals surface area contributed by atoms with Gasteiger partial charge in [-0.05, 0) is 19.3 Å². The molecule has 0 amide bonds. The van der Waals surface area contributed by atoms with Crippen molar-refractivity contribution in [2.45, 2.75) is 50.2 Å². The molecule has 0 aromatic heterocycles. The van der Waals surface area contributed by atoms with E-state index in [0.717, 1.165) is 12.8 Å². The lowest BCUT2D eigenvalue weighted by Gasteiger charge is -2.36. The number of nitrogens with two attached hydrogens (primary N) is 1. The zero-order chi connectivity index (χ0) is 14.7. The average Bonchev–Trinajstić information content (AvgIpc) is 2.75. The molecule has 1 fully saturated rings. The van der Waals surface area contributed by atoms with Crippen LogP contribution in [0.3, 0.4) is 0 Å². The molecule has 4 nitrogen and oxygen atoms in total. The first-order valence-electron chi connectivity index (χ1n) is 6.36. The van der Waals surface area contributed by atoms with Gasteiger partial charge in [0, 0.05) is 25.6 Å². The highest BCUT2D eigenvalue weighted by molar-refractivity contribution is 7.89. The van der Waals surface area contributed by atoms with E-state index in [-0.39, 0.29) is 6.54 Å². The van der Waals surface area contributed by atoms with Crippen molar-refractivity contribution < 1.29 is 21.6 Å². The van der Waals surface area contributed by atoms with Crippen LogP contribution in [0.25, 0.3) is 0 Å². The van der Waals surface area contributed by atoms with Crippen LogP contribution in [-0.2, 0) is 10.0 Å². The molecular weight excluding hydrogens is 281 g/mol. The van der Waals surface area contributed by atoms with Crippen LogP contribution in [0.4, 0.5) is 13.2 Å². The Morgan fingerprint density at radius 3 is 2.21 bits per heavy atom. The molecular formula is C11H21F3N2O2S. The number of sulfonamides is 1. The van der Waals surface area contributed by atoms with Crippen LogP contribution >= 0.6 is 0 Å². The summed E-state index contributed by atoms with van der Waals surface area (Å²) in [5, 5.41) is 0. The van der Waals surface area contributed by atoms with E-state index in [0.29, 0.717) is 12.8 Å². The molecule has 0 aliphatic heterocycles. The van der Waals surface area contributed by atoms with Crippen molar-refractivity contribution in [1.82, 2.24) is 4.31 Å². The van der Waals surface area contributed by atoms with E-state index >= 15 is 0 Å². The fraction of sp³-hybridized carbons (Fsp3) is 1.00. The highest BCUT2D eigenvalue weighted by atomic mass is 32.2. The monoisotopic (exact) mass is 302 g/mol. The SMILES string of the molecule is CN(C1(CN)CCCC1)S(=O)(=O)CCCC(F)(F)F. The van der Waals surface area contributed by atoms with Crippen LogP contribution in [-0.4, -0.2) is 43.8 Å². The molecule has 0 radical (unpaired) electrons. The molecule has 1 saturated carbocycles. The fourth-order valence-corrected chi connectivity index (χ4v) is 4.20. The maximum absolute atomic E-state index is 12.1. The van der Waals surface area contributed by atoms with Gasteiger partial charge in [0.2, 0.25) is 10.0 Å². The third kappa shape index (κ3) is 4.32. The second-order valence-electron chi connectivity index (χ2n) is 5.14. The van der Waals surface area contributed by atoms with Crippen LogP contribution in [0.15, 0.2) is 0 Å². The Morgan fingerprint density at radius 2 is 1.79 bits per heavy atom.